The number of carbonyl (C=O) groups excluding carboxylic acids is 3. The van der Waals surface area contributed by atoms with E-state index in [2.05, 4.69) is 11.3 Å². The molecule has 0 aromatic heterocycles. The zero-order chi connectivity index (χ0) is 17.2. The van der Waals surface area contributed by atoms with Crippen LogP contribution in [0.5, 0.6) is 0 Å². The molecule has 0 aromatic rings. The van der Waals surface area contributed by atoms with E-state index in [1.54, 1.807) is 0 Å². The van der Waals surface area contributed by atoms with Gasteiger partial charge in [-0.1, -0.05) is 33.3 Å². The summed E-state index contributed by atoms with van der Waals surface area (Å²) in [5.41, 5.74) is 0. The summed E-state index contributed by atoms with van der Waals surface area (Å²) >= 11 is 0. The molecule has 0 N–H and O–H groups in total. The second kappa shape index (κ2) is 16.9. The molecule has 0 aromatic carbocycles. The predicted octanol–water partition coefficient (Wildman–Crippen LogP) is 2.92. The van der Waals surface area contributed by atoms with E-state index in [4.69, 9.17) is 9.47 Å². The Morgan fingerprint density at radius 3 is 1.55 bits per heavy atom. The number of rotatable bonds is 9. The normalized spacial score (nSPS) is 9.41. The first-order chi connectivity index (χ1) is 10.5. The molecule has 0 amide bonds. The van der Waals surface area contributed by atoms with E-state index in [9.17, 15) is 14.4 Å². The van der Waals surface area contributed by atoms with E-state index >= 15 is 0 Å². The third-order valence-corrected chi connectivity index (χ3v) is 2.09. The molecule has 0 rings (SSSR count). The van der Waals surface area contributed by atoms with Gasteiger partial charge in [0.1, 0.15) is 0 Å². The maximum Gasteiger partial charge on any atom is 0.331 e. The molecule has 6 heteroatoms. The molecule has 0 aliphatic heterocycles. The van der Waals surface area contributed by atoms with E-state index in [1.165, 1.54) is 6.92 Å². The molecule has 6 nitrogen and oxygen atoms in total. The van der Waals surface area contributed by atoms with Crippen molar-refractivity contribution < 1.29 is 28.6 Å². The van der Waals surface area contributed by atoms with Gasteiger partial charge in [0.2, 0.25) is 0 Å². The lowest BCUT2D eigenvalue weighted by molar-refractivity contribution is -0.140. The summed E-state index contributed by atoms with van der Waals surface area (Å²) in [6.07, 6.45) is 6.91. The van der Waals surface area contributed by atoms with Crippen LogP contribution in [0.2, 0.25) is 0 Å². The number of unbranched alkanes of at least 4 members (excludes halogenated alkanes) is 2. The van der Waals surface area contributed by atoms with Gasteiger partial charge in [0, 0.05) is 19.1 Å². The average molecular weight is 314 g/mol. The van der Waals surface area contributed by atoms with Gasteiger partial charge < -0.3 is 14.2 Å². The van der Waals surface area contributed by atoms with Crippen LogP contribution in [-0.4, -0.2) is 31.1 Å². The first-order valence-corrected chi connectivity index (χ1v) is 7.27. The van der Waals surface area contributed by atoms with Crippen molar-refractivity contribution >= 4 is 17.9 Å². The standard InChI is InChI=1S/C12H20O4.C4H6O2/c1-3-5-9-15-11(13)7-8-12(14)16-10-6-4-2;1-3-6-4(2)5/h7-8H,3-6,9-10H2,1-2H3;3H,1H2,2H3/b8-7+;. The molecule has 0 spiro atoms. The number of hydrogen-bond donors (Lipinski definition) is 0. The van der Waals surface area contributed by atoms with E-state index < -0.39 is 11.9 Å². The largest absolute Gasteiger partial charge is 0.463 e. The van der Waals surface area contributed by atoms with Crippen LogP contribution >= 0.6 is 0 Å². The Hall–Kier alpha value is -2.11. The van der Waals surface area contributed by atoms with E-state index in [-0.39, 0.29) is 5.97 Å². The summed E-state index contributed by atoms with van der Waals surface area (Å²) in [6, 6.07) is 0. The molecule has 0 unspecified atom stereocenters. The van der Waals surface area contributed by atoms with Crippen LogP contribution in [0.4, 0.5) is 0 Å². The molecule has 0 saturated carbocycles. The van der Waals surface area contributed by atoms with Crippen molar-refractivity contribution in [3.05, 3.63) is 25.0 Å². The Morgan fingerprint density at radius 2 is 1.32 bits per heavy atom. The first kappa shape index (κ1) is 22.2. The van der Waals surface area contributed by atoms with Gasteiger partial charge in [-0.15, -0.1) is 0 Å². The van der Waals surface area contributed by atoms with Gasteiger partial charge in [-0.3, -0.25) is 4.79 Å². The molecular formula is C16H26O6. The van der Waals surface area contributed by atoms with E-state index in [1.807, 2.05) is 13.8 Å². The third-order valence-electron chi connectivity index (χ3n) is 2.09. The molecular weight excluding hydrogens is 288 g/mol. The second-order valence-corrected chi connectivity index (χ2v) is 4.15. The van der Waals surface area contributed by atoms with Crippen molar-refractivity contribution in [2.75, 3.05) is 13.2 Å². The molecule has 0 aliphatic rings. The van der Waals surface area contributed by atoms with E-state index in [0.717, 1.165) is 44.1 Å². The highest BCUT2D eigenvalue weighted by Gasteiger charge is 2.00. The van der Waals surface area contributed by atoms with Crippen molar-refractivity contribution in [1.82, 2.24) is 0 Å². The lowest BCUT2D eigenvalue weighted by Crippen LogP contribution is -2.05. The molecule has 0 bridgehead atoms. The topological polar surface area (TPSA) is 78.9 Å². The minimum Gasteiger partial charge on any atom is -0.463 e. The van der Waals surface area contributed by atoms with Gasteiger partial charge in [-0.2, -0.15) is 0 Å². The number of carbonyl (C=O) groups is 3. The Labute approximate surface area is 132 Å². The SMILES string of the molecule is C=COC(C)=O.CCCCOC(=O)/C=C/C(=O)OCCCC. The van der Waals surface area contributed by atoms with Crippen LogP contribution in [0.1, 0.15) is 46.5 Å². The van der Waals surface area contributed by atoms with Crippen molar-refractivity contribution in [2.24, 2.45) is 0 Å². The molecule has 0 radical (unpaired) electrons. The molecule has 0 saturated heterocycles. The summed E-state index contributed by atoms with van der Waals surface area (Å²) in [5.74, 6) is -1.33. The molecule has 0 heterocycles. The summed E-state index contributed by atoms with van der Waals surface area (Å²) in [4.78, 5) is 31.8. The lowest BCUT2D eigenvalue weighted by atomic mass is 10.4. The summed E-state index contributed by atoms with van der Waals surface area (Å²) < 4.78 is 13.8. The second-order valence-electron chi connectivity index (χ2n) is 4.15. The predicted molar refractivity (Wildman–Crippen MR) is 82.8 cm³/mol. The lowest BCUT2D eigenvalue weighted by Gasteiger charge is -2.00. The summed E-state index contributed by atoms with van der Waals surface area (Å²) in [5, 5.41) is 0. The number of hydrogen-bond acceptors (Lipinski definition) is 6. The fourth-order valence-electron chi connectivity index (χ4n) is 0.984. The van der Waals surface area contributed by atoms with E-state index in [0.29, 0.717) is 13.2 Å². The zero-order valence-electron chi connectivity index (χ0n) is 13.6. The highest BCUT2D eigenvalue weighted by Crippen LogP contribution is 1.92. The van der Waals surface area contributed by atoms with Crippen LogP contribution in [-0.2, 0) is 28.6 Å². The van der Waals surface area contributed by atoms with Crippen molar-refractivity contribution in [3.8, 4) is 0 Å². The van der Waals surface area contributed by atoms with Crippen LogP contribution in [0.15, 0.2) is 25.0 Å². The fraction of sp³-hybridized carbons (Fsp3) is 0.562. The van der Waals surface area contributed by atoms with Gasteiger partial charge in [-0.05, 0) is 12.8 Å². The first-order valence-electron chi connectivity index (χ1n) is 7.27. The Morgan fingerprint density at radius 1 is 0.909 bits per heavy atom. The monoisotopic (exact) mass is 314 g/mol. The van der Waals surface area contributed by atoms with Gasteiger partial charge >= 0.3 is 17.9 Å². The molecule has 22 heavy (non-hydrogen) atoms. The third kappa shape index (κ3) is 20.2. The molecule has 126 valence electrons. The highest BCUT2D eigenvalue weighted by molar-refractivity contribution is 5.91. The average Bonchev–Trinajstić information content (AvgIpc) is 2.46. The van der Waals surface area contributed by atoms with Crippen molar-refractivity contribution in [3.63, 3.8) is 0 Å². The summed E-state index contributed by atoms with van der Waals surface area (Å²) in [7, 11) is 0. The molecule has 0 aliphatic carbocycles. The maximum atomic E-state index is 11.0. The highest BCUT2D eigenvalue weighted by atomic mass is 16.5. The zero-order valence-corrected chi connectivity index (χ0v) is 13.6. The van der Waals surface area contributed by atoms with Crippen molar-refractivity contribution in [2.45, 2.75) is 46.5 Å². The van der Waals surface area contributed by atoms with Crippen LogP contribution in [0.25, 0.3) is 0 Å². The van der Waals surface area contributed by atoms with Gasteiger partial charge in [0.15, 0.2) is 0 Å². The van der Waals surface area contributed by atoms with Gasteiger partial charge in [0.25, 0.3) is 0 Å². The Balaban J connectivity index is 0. The maximum absolute atomic E-state index is 11.0. The Bertz CT molecular complexity index is 336. The minimum absolute atomic E-state index is 0.329. The van der Waals surface area contributed by atoms with Gasteiger partial charge in [-0.25, -0.2) is 9.59 Å². The van der Waals surface area contributed by atoms with Gasteiger partial charge in [0.05, 0.1) is 19.5 Å². The van der Waals surface area contributed by atoms with Crippen LogP contribution in [0.3, 0.4) is 0 Å². The van der Waals surface area contributed by atoms with Crippen molar-refractivity contribution in [1.29, 1.82) is 0 Å². The number of esters is 3. The minimum atomic E-state index is -0.499. The smallest absolute Gasteiger partial charge is 0.331 e. The van der Waals surface area contributed by atoms with Crippen LogP contribution < -0.4 is 0 Å². The molecule has 0 fully saturated rings. The fourth-order valence-corrected chi connectivity index (χ4v) is 0.984. The molecule has 0 atom stereocenters. The quantitative estimate of drug-likeness (QED) is 0.214. The van der Waals surface area contributed by atoms with Crippen LogP contribution in [0, 0.1) is 0 Å². The number of ether oxygens (including phenoxy) is 3. The summed E-state index contributed by atoms with van der Waals surface area (Å²) in [6.45, 7) is 9.28. The Kier molecular flexibility index (Phi) is 17.1.